The van der Waals surface area contributed by atoms with Crippen molar-refractivity contribution in [3.8, 4) is 11.1 Å². The Kier molecular flexibility index (Phi) is 8.25. The number of amides is 2. The average Bonchev–Trinajstić information content (AvgIpc) is 3.17. The van der Waals surface area contributed by atoms with Crippen molar-refractivity contribution < 1.29 is 33.7 Å². The lowest BCUT2D eigenvalue weighted by molar-refractivity contribution is -0.146. The molecule has 0 aromatic heterocycles. The maximum absolute atomic E-state index is 12.8. The first-order valence-corrected chi connectivity index (χ1v) is 11.0. The number of nitrogens with one attached hydrogen (secondary N) is 2. The number of hydrogen-bond donors (Lipinski definition) is 3. The highest BCUT2D eigenvalue weighted by atomic mass is 16.5. The van der Waals surface area contributed by atoms with Gasteiger partial charge in [-0.25, -0.2) is 9.59 Å². The SMILES string of the molecule is COC(C)C(NC(=O)C(NC(=O)OCC1c2ccccc2-c2ccccc21)C(C)OC)C(=O)O. The highest BCUT2D eigenvalue weighted by Gasteiger charge is 2.34. The number of rotatable bonds is 10. The van der Waals surface area contributed by atoms with Gasteiger partial charge < -0.3 is 30.0 Å². The second-order valence-electron chi connectivity index (χ2n) is 8.15. The summed E-state index contributed by atoms with van der Waals surface area (Å²) in [6.45, 7) is 3.18. The molecule has 9 nitrogen and oxygen atoms in total. The Hall–Kier alpha value is -3.43. The Bertz CT molecular complexity index is 996. The summed E-state index contributed by atoms with van der Waals surface area (Å²) in [5, 5.41) is 14.3. The fourth-order valence-corrected chi connectivity index (χ4v) is 4.06. The summed E-state index contributed by atoms with van der Waals surface area (Å²) in [7, 11) is 2.73. The molecule has 34 heavy (non-hydrogen) atoms. The van der Waals surface area contributed by atoms with Gasteiger partial charge in [0.25, 0.3) is 0 Å². The normalized spacial score (nSPS) is 15.9. The van der Waals surface area contributed by atoms with Crippen molar-refractivity contribution in [2.45, 2.75) is 44.1 Å². The number of methoxy groups -OCH3 is 2. The van der Waals surface area contributed by atoms with Crippen LogP contribution in [-0.4, -0.2) is 68.2 Å². The van der Waals surface area contributed by atoms with Gasteiger partial charge in [-0.1, -0.05) is 48.5 Å². The molecule has 0 saturated heterocycles. The third kappa shape index (κ3) is 5.37. The lowest BCUT2D eigenvalue weighted by Gasteiger charge is -2.27. The maximum atomic E-state index is 12.8. The number of ether oxygens (including phenoxy) is 3. The van der Waals surface area contributed by atoms with E-state index in [4.69, 9.17) is 14.2 Å². The van der Waals surface area contributed by atoms with E-state index in [0.29, 0.717) is 0 Å². The third-order valence-corrected chi connectivity index (χ3v) is 6.15. The first-order valence-electron chi connectivity index (χ1n) is 11.0. The molecular weight excluding hydrogens is 440 g/mol. The van der Waals surface area contributed by atoms with Gasteiger partial charge in [0.15, 0.2) is 6.04 Å². The van der Waals surface area contributed by atoms with Gasteiger partial charge in [0.1, 0.15) is 12.6 Å². The van der Waals surface area contributed by atoms with Gasteiger partial charge in [-0.05, 0) is 36.1 Å². The molecule has 0 saturated carbocycles. The van der Waals surface area contributed by atoms with Crippen molar-refractivity contribution in [2.24, 2.45) is 0 Å². The number of alkyl carbamates (subject to hydrolysis) is 1. The zero-order chi connectivity index (χ0) is 24.8. The zero-order valence-corrected chi connectivity index (χ0v) is 19.6. The first kappa shape index (κ1) is 25.2. The van der Waals surface area contributed by atoms with Gasteiger partial charge in [0.2, 0.25) is 5.91 Å². The van der Waals surface area contributed by atoms with E-state index in [2.05, 4.69) is 10.6 Å². The molecule has 0 heterocycles. The summed E-state index contributed by atoms with van der Waals surface area (Å²) in [4.78, 5) is 37.0. The second-order valence-corrected chi connectivity index (χ2v) is 8.15. The van der Waals surface area contributed by atoms with Crippen LogP contribution < -0.4 is 10.6 Å². The van der Waals surface area contributed by atoms with Gasteiger partial charge in [0.05, 0.1) is 12.2 Å². The molecule has 1 aliphatic rings. The minimum absolute atomic E-state index is 0.0774. The number of hydrogen-bond acceptors (Lipinski definition) is 6. The van der Waals surface area contributed by atoms with E-state index in [9.17, 15) is 19.5 Å². The standard InChI is InChI=1S/C25H30N2O7/c1-14(32-3)21(23(28)26-22(24(29)30)15(2)33-4)27-25(31)34-13-20-18-11-7-5-9-16(18)17-10-6-8-12-19(17)20/h5-12,14-15,20-22H,13H2,1-4H3,(H,26,28)(H,27,31)(H,29,30). The monoisotopic (exact) mass is 470 g/mol. The lowest BCUT2D eigenvalue weighted by Crippen LogP contribution is -2.58. The molecule has 182 valence electrons. The van der Waals surface area contributed by atoms with E-state index in [-0.39, 0.29) is 12.5 Å². The molecular formula is C25H30N2O7. The number of benzene rings is 2. The van der Waals surface area contributed by atoms with Crippen LogP contribution in [-0.2, 0) is 23.8 Å². The summed E-state index contributed by atoms with van der Waals surface area (Å²) in [6.07, 6.45) is -2.33. The highest BCUT2D eigenvalue weighted by molar-refractivity contribution is 5.90. The largest absolute Gasteiger partial charge is 0.480 e. The topological polar surface area (TPSA) is 123 Å². The van der Waals surface area contributed by atoms with E-state index in [1.54, 1.807) is 6.92 Å². The Labute approximate surface area is 198 Å². The van der Waals surface area contributed by atoms with E-state index in [1.165, 1.54) is 21.1 Å². The van der Waals surface area contributed by atoms with Crippen molar-refractivity contribution in [1.82, 2.24) is 10.6 Å². The molecule has 0 spiro atoms. The van der Waals surface area contributed by atoms with E-state index in [0.717, 1.165) is 22.3 Å². The maximum Gasteiger partial charge on any atom is 0.407 e. The van der Waals surface area contributed by atoms with Crippen LogP contribution in [0.25, 0.3) is 11.1 Å². The van der Waals surface area contributed by atoms with Crippen molar-refractivity contribution in [1.29, 1.82) is 0 Å². The second kappa shape index (κ2) is 11.1. The minimum Gasteiger partial charge on any atom is -0.480 e. The van der Waals surface area contributed by atoms with Gasteiger partial charge in [0, 0.05) is 20.1 Å². The summed E-state index contributed by atoms with van der Waals surface area (Å²) in [5.74, 6) is -2.11. The summed E-state index contributed by atoms with van der Waals surface area (Å²) < 4.78 is 15.8. The fourth-order valence-electron chi connectivity index (χ4n) is 4.06. The Morgan fingerprint density at radius 2 is 1.35 bits per heavy atom. The van der Waals surface area contributed by atoms with Crippen LogP contribution in [0.2, 0.25) is 0 Å². The Morgan fingerprint density at radius 3 is 1.85 bits per heavy atom. The molecule has 1 aliphatic carbocycles. The lowest BCUT2D eigenvalue weighted by atomic mass is 9.98. The van der Waals surface area contributed by atoms with Gasteiger partial charge in [-0.15, -0.1) is 0 Å². The number of carbonyl (C=O) groups is 3. The van der Waals surface area contributed by atoms with Gasteiger partial charge >= 0.3 is 12.1 Å². The number of carboxylic acids is 1. The quantitative estimate of drug-likeness (QED) is 0.488. The Balaban J connectivity index is 1.69. The van der Waals surface area contributed by atoms with Crippen molar-refractivity contribution in [3.63, 3.8) is 0 Å². The zero-order valence-electron chi connectivity index (χ0n) is 19.6. The molecule has 4 atom stereocenters. The molecule has 2 aromatic carbocycles. The molecule has 3 N–H and O–H groups in total. The van der Waals surface area contributed by atoms with E-state index in [1.807, 2.05) is 48.5 Å². The predicted molar refractivity (Wildman–Crippen MR) is 125 cm³/mol. The number of fused-ring (bicyclic) bond motifs is 3. The van der Waals surface area contributed by atoms with Crippen molar-refractivity contribution >= 4 is 18.0 Å². The molecule has 0 aliphatic heterocycles. The van der Waals surface area contributed by atoms with Crippen molar-refractivity contribution in [3.05, 3.63) is 59.7 Å². The van der Waals surface area contributed by atoms with E-state index < -0.39 is 42.3 Å². The van der Waals surface area contributed by atoms with Crippen LogP contribution in [0.1, 0.15) is 30.9 Å². The molecule has 0 fully saturated rings. The molecule has 0 bridgehead atoms. The minimum atomic E-state index is -1.30. The van der Waals surface area contributed by atoms with E-state index >= 15 is 0 Å². The average molecular weight is 471 g/mol. The summed E-state index contributed by atoms with van der Waals surface area (Å²) >= 11 is 0. The molecule has 4 unspecified atom stereocenters. The number of aliphatic carboxylic acids is 1. The van der Waals surface area contributed by atoms with Crippen LogP contribution in [0, 0.1) is 0 Å². The number of carbonyl (C=O) groups excluding carboxylic acids is 2. The smallest absolute Gasteiger partial charge is 0.407 e. The van der Waals surface area contributed by atoms with Crippen LogP contribution in [0.5, 0.6) is 0 Å². The summed E-state index contributed by atoms with van der Waals surface area (Å²) in [5.41, 5.74) is 4.33. The molecule has 2 amide bonds. The van der Waals surface area contributed by atoms with Crippen LogP contribution in [0.15, 0.2) is 48.5 Å². The van der Waals surface area contributed by atoms with Gasteiger partial charge in [-0.2, -0.15) is 0 Å². The Morgan fingerprint density at radius 1 is 0.853 bits per heavy atom. The number of carboxylic acid groups (broad SMARTS) is 1. The van der Waals surface area contributed by atoms with Crippen LogP contribution in [0.4, 0.5) is 4.79 Å². The molecule has 2 aromatic rings. The van der Waals surface area contributed by atoms with Crippen molar-refractivity contribution in [2.75, 3.05) is 20.8 Å². The summed E-state index contributed by atoms with van der Waals surface area (Å²) in [6, 6.07) is 13.4. The highest BCUT2D eigenvalue weighted by Crippen LogP contribution is 2.44. The fraction of sp³-hybridized carbons (Fsp3) is 0.400. The molecule has 3 rings (SSSR count). The predicted octanol–water partition coefficient (Wildman–Crippen LogP) is 2.53. The molecule has 0 radical (unpaired) electrons. The van der Waals surface area contributed by atoms with Gasteiger partial charge in [-0.3, -0.25) is 4.79 Å². The first-order chi connectivity index (χ1) is 16.3. The molecule has 9 heteroatoms. The van der Waals surface area contributed by atoms with Crippen LogP contribution >= 0.6 is 0 Å². The van der Waals surface area contributed by atoms with Crippen LogP contribution in [0.3, 0.4) is 0 Å². The third-order valence-electron chi connectivity index (χ3n) is 6.15.